The van der Waals surface area contributed by atoms with Crippen molar-refractivity contribution in [3.63, 3.8) is 0 Å². The average molecular weight is 298 g/mol. The van der Waals surface area contributed by atoms with Gasteiger partial charge in [-0.3, -0.25) is 4.79 Å². The average Bonchev–Trinajstić information content (AvgIpc) is 2.99. The third-order valence-electron chi connectivity index (χ3n) is 3.99. The van der Waals surface area contributed by atoms with Gasteiger partial charge in [-0.25, -0.2) is 0 Å². The van der Waals surface area contributed by atoms with E-state index in [0.717, 1.165) is 16.9 Å². The standard InChI is InChI=1S/C17H14O5/c1-19-13-5-3-2-4-10(13)11-7-17(18)22-14-8-16-15(6-12(11)14)20-9-21-16/h2-6,8,11H,7,9H2,1H3/t11-/m0/s1. The van der Waals surface area contributed by atoms with Crippen molar-refractivity contribution in [3.8, 4) is 23.0 Å². The number of carbonyl (C=O) groups is 1. The van der Waals surface area contributed by atoms with Crippen LogP contribution < -0.4 is 18.9 Å². The molecule has 0 saturated heterocycles. The SMILES string of the molecule is COc1ccccc1[C@@H]1CC(=O)Oc2cc3c(cc21)OCO3. The van der Waals surface area contributed by atoms with Crippen molar-refractivity contribution in [2.75, 3.05) is 13.9 Å². The Morgan fingerprint density at radius 1 is 1.05 bits per heavy atom. The number of fused-ring (bicyclic) bond motifs is 2. The fraction of sp³-hybridized carbons (Fsp3) is 0.235. The number of benzene rings is 2. The second-order valence-electron chi connectivity index (χ2n) is 5.22. The molecule has 0 amide bonds. The molecule has 5 nitrogen and oxygen atoms in total. The van der Waals surface area contributed by atoms with E-state index in [9.17, 15) is 4.79 Å². The Balaban J connectivity index is 1.87. The van der Waals surface area contributed by atoms with Gasteiger partial charge in [-0.05, 0) is 12.1 Å². The van der Waals surface area contributed by atoms with Gasteiger partial charge < -0.3 is 18.9 Å². The molecule has 0 aliphatic carbocycles. The van der Waals surface area contributed by atoms with Gasteiger partial charge in [0.05, 0.1) is 13.5 Å². The summed E-state index contributed by atoms with van der Waals surface area (Å²) < 4.78 is 21.6. The molecule has 0 saturated carbocycles. The van der Waals surface area contributed by atoms with E-state index in [0.29, 0.717) is 17.2 Å². The summed E-state index contributed by atoms with van der Waals surface area (Å²) in [7, 11) is 1.63. The van der Waals surface area contributed by atoms with E-state index in [4.69, 9.17) is 18.9 Å². The molecule has 0 aromatic heterocycles. The summed E-state index contributed by atoms with van der Waals surface area (Å²) in [5.74, 6) is 2.18. The molecular formula is C17H14O5. The topological polar surface area (TPSA) is 54.0 Å². The number of methoxy groups -OCH3 is 1. The van der Waals surface area contributed by atoms with Gasteiger partial charge in [0.25, 0.3) is 0 Å². The number of rotatable bonds is 2. The third kappa shape index (κ3) is 1.97. The van der Waals surface area contributed by atoms with Crippen LogP contribution in [0.1, 0.15) is 23.5 Å². The van der Waals surface area contributed by atoms with Gasteiger partial charge in [0.2, 0.25) is 6.79 Å². The molecule has 0 N–H and O–H groups in total. The fourth-order valence-corrected chi connectivity index (χ4v) is 2.97. The molecule has 112 valence electrons. The summed E-state index contributed by atoms with van der Waals surface area (Å²) in [5.41, 5.74) is 1.87. The van der Waals surface area contributed by atoms with E-state index in [2.05, 4.69) is 0 Å². The number of ether oxygens (including phenoxy) is 4. The predicted molar refractivity (Wildman–Crippen MR) is 77.7 cm³/mol. The quantitative estimate of drug-likeness (QED) is 0.630. The number of hydrogen-bond donors (Lipinski definition) is 0. The van der Waals surface area contributed by atoms with Crippen LogP contribution in [0.3, 0.4) is 0 Å². The molecule has 0 fully saturated rings. The van der Waals surface area contributed by atoms with Crippen LogP contribution in [0.4, 0.5) is 0 Å². The van der Waals surface area contributed by atoms with E-state index < -0.39 is 0 Å². The summed E-state index contributed by atoms with van der Waals surface area (Å²) in [4.78, 5) is 12.0. The lowest BCUT2D eigenvalue weighted by Gasteiger charge is -2.26. The van der Waals surface area contributed by atoms with Crippen LogP contribution >= 0.6 is 0 Å². The molecule has 4 rings (SSSR count). The van der Waals surface area contributed by atoms with Gasteiger partial charge >= 0.3 is 5.97 Å². The highest BCUT2D eigenvalue weighted by atomic mass is 16.7. The summed E-state index contributed by atoms with van der Waals surface area (Å²) in [6.45, 7) is 0.186. The molecule has 0 radical (unpaired) electrons. The summed E-state index contributed by atoms with van der Waals surface area (Å²) in [6, 6.07) is 11.3. The Kier molecular flexibility index (Phi) is 2.92. The molecule has 2 heterocycles. The first-order valence-corrected chi connectivity index (χ1v) is 7.03. The van der Waals surface area contributed by atoms with Crippen molar-refractivity contribution in [2.24, 2.45) is 0 Å². The predicted octanol–water partition coefficient (Wildman–Crippen LogP) is 2.86. The Morgan fingerprint density at radius 3 is 2.64 bits per heavy atom. The van der Waals surface area contributed by atoms with Gasteiger partial charge in [0.15, 0.2) is 11.5 Å². The van der Waals surface area contributed by atoms with Gasteiger partial charge in [-0.1, -0.05) is 18.2 Å². The Morgan fingerprint density at radius 2 is 1.82 bits per heavy atom. The first kappa shape index (κ1) is 13.0. The Labute approximate surface area is 127 Å². The first-order valence-electron chi connectivity index (χ1n) is 7.03. The second-order valence-corrected chi connectivity index (χ2v) is 5.22. The van der Waals surface area contributed by atoms with Crippen LogP contribution in [0.5, 0.6) is 23.0 Å². The van der Waals surface area contributed by atoms with Crippen LogP contribution in [0.25, 0.3) is 0 Å². The highest BCUT2D eigenvalue weighted by molar-refractivity contribution is 5.79. The van der Waals surface area contributed by atoms with Crippen molar-refractivity contribution < 1.29 is 23.7 Å². The van der Waals surface area contributed by atoms with Crippen molar-refractivity contribution >= 4 is 5.97 Å². The largest absolute Gasteiger partial charge is 0.496 e. The van der Waals surface area contributed by atoms with Crippen LogP contribution in [0.2, 0.25) is 0 Å². The zero-order valence-electron chi connectivity index (χ0n) is 12.0. The molecule has 0 bridgehead atoms. The highest BCUT2D eigenvalue weighted by Gasteiger charge is 2.32. The Hall–Kier alpha value is -2.69. The molecule has 5 heteroatoms. The molecule has 2 aromatic carbocycles. The lowest BCUT2D eigenvalue weighted by Crippen LogP contribution is -2.21. The minimum absolute atomic E-state index is 0.123. The molecule has 1 atom stereocenters. The van der Waals surface area contributed by atoms with Gasteiger partial charge in [0.1, 0.15) is 11.5 Å². The maximum Gasteiger partial charge on any atom is 0.312 e. The van der Waals surface area contributed by atoms with E-state index in [-0.39, 0.29) is 25.1 Å². The van der Waals surface area contributed by atoms with Crippen LogP contribution in [0.15, 0.2) is 36.4 Å². The zero-order valence-corrected chi connectivity index (χ0v) is 12.0. The van der Waals surface area contributed by atoms with E-state index in [1.54, 1.807) is 13.2 Å². The second kappa shape index (κ2) is 4.94. The number of hydrogen-bond acceptors (Lipinski definition) is 5. The minimum Gasteiger partial charge on any atom is -0.496 e. The van der Waals surface area contributed by atoms with Crippen LogP contribution in [-0.4, -0.2) is 19.9 Å². The monoisotopic (exact) mass is 298 g/mol. The van der Waals surface area contributed by atoms with E-state index in [1.807, 2.05) is 30.3 Å². The number of para-hydroxylation sites is 1. The van der Waals surface area contributed by atoms with Crippen molar-refractivity contribution in [1.82, 2.24) is 0 Å². The molecule has 2 aliphatic rings. The summed E-state index contributed by atoms with van der Waals surface area (Å²) >= 11 is 0. The summed E-state index contributed by atoms with van der Waals surface area (Å²) in [6.07, 6.45) is 0.271. The fourth-order valence-electron chi connectivity index (χ4n) is 2.97. The maximum atomic E-state index is 12.0. The molecular weight excluding hydrogens is 284 g/mol. The van der Waals surface area contributed by atoms with Crippen molar-refractivity contribution in [1.29, 1.82) is 0 Å². The van der Waals surface area contributed by atoms with Gasteiger partial charge in [-0.2, -0.15) is 0 Å². The molecule has 22 heavy (non-hydrogen) atoms. The van der Waals surface area contributed by atoms with Gasteiger partial charge in [-0.15, -0.1) is 0 Å². The Bertz CT molecular complexity index is 753. The zero-order chi connectivity index (χ0) is 15.1. The lowest BCUT2D eigenvalue weighted by molar-refractivity contribution is -0.135. The smallest absolute Gasteiger partial charge is 0.312 e. The first-order chi connectivity index (χ1) is 10.8. The molecule has 2 aromatic rings. The van der Waals surface area contributed by atoms with Crippen LogP contribution in [-0.2, 0) is 4.79 Å². The number of carbonyl (C=O) groups excluding carboxylic acids is 1. The molecule has 0 spiro atoms. The van der Waals surface area contributed by atoms with Crippen molar-refractivity contribution in [3.05, 3.63) is 47.5 Å². The van der Waals surface area contributed by atoms with Crippen molar-refractivity contribution in [2.45, 2.75) is 12.3 Å². The molecule has 0 unspecified atom stereocenters. The maximum absolute atomic E-state index is 12.0. The normalized spacial score (nSPS) is 18.6. The van der Waals surface area contributed by atoms with Gasteiger partial charge in [0, 0.05) is 23.1 Å². The van der Waals surface area contributed by atoms with E-state index >= 15 is 0 Å². The lowest BCUT2D eigenvalue weighted by atomic mass is 9.85. The third-order valence-corrected chi connectivity index (χ3v) is 3.99. The minimum atomic E-state index is -0.262. The van der Waals surface area contributed by atoms with Crippen LogP contribution in [0, 0.1) is 0 Å². The molecule has 2 aliphatic heterocycles. The summed E-state index contributed by atoms with van der Waals surface area (Å²) in [5, 5.41) is 0. The number of esters is 1. The van der Waals surface area contributed by atoms with E-state index in [1.165, 1.54) is 0 Å². The highest BCUT2D eigenvalue weighted by Crippen LogP contribution is 2.47.